The number of rotatable bonds is 4. The Morgan fingerprint density at radius 2 is 1.62 bits per heavy atom. The minimum Gasteiger partial charge on any atom is -0.268 e. The van der Waals surface area contributed by atoms with Crippen LogP contribution in [0.1, 0.15) is 15.9 Å². The van der Waals surface area contributed by atoms with Gasteiger partial charge in [0.05, 0.1) is 4.92 Å². The third-order valence-corrected chi connectivity index (χ3v) is 3.19. The Morgan fingerprint density at radius 1 is 1.00 bits per heavy atom. The molecular formula is C16H12ClN3O4. The van der Waals surface area contributed by atoms with Crippen LogP contribution in [0, 0.1) is 10.1 Å². The molecular weight excluding hydrogens is 334 g/mol. The van der Waals surface area contributed by atoms with E-state index in [4.69, 9.17) is 11.6 Å². The summed E-state index contributed by atoms with van der Waals surface area (Å²) in [6.07, 6.45) is 2.81. The van der Waals surface area contributed by atoms with Crippen LogP contribution >= 0.6 is 11.6 Å². The summed E-state index contributed by atoms with van der Waals surface area (Å²) in [6.45, 7) is 0. The lowest BCUT2D eigenvalue weighted by atomic mass is 10.2. The lowest BCUT2D eigenvalue weighted by Crippen LogP contribution is -2.40. The second kappa shape index (κ2) is 7.89. The van der Waals surface area contributed by atoms with Crippen molar-refractivity contribution in [2.24, 2.45) is 0 Å². The van der Waals surface area contributed by atoms with E-state index in [1.54, 1.807) is 30.3 Å². The first-order valence-corrected chi connectivity index (χ1v) is 7.12. The number of carbonyl (C=O) groups is 2. The Balaban J connectivity index is 1.87. The Bertz CT molecular complexity index is 786. The molecule has 0 aliphatic rings. The van der Waals surface area contributed by atoms with E-state index in [0.717, 1.165) is 5.56 Å². The van der Waals surface area contributed by atoms with Gasteiger partial charge in [-0.05, 0) is 35.9 Å². The van der Waals surface area contributed by atoms with Crippen molar-refractivity contribution in [3.8, 4) is 0 Å². The molecule has 0 unspecified atom stereocenters. The zero-order valence-electron chi connectivity index (χ0n) is 12.2. The number of hydrogen-bond acceptors (Lipinski definition) is 4. The smallest absolute Gasteiger partial charge is 0.268 e. The van der Waals surface area contributed by atoms with Crippen molar-refractivity contribution in [3.05, 3.63) is 80.9 Å². The van der Waals surface area contributed by atoms with Gasteiger partial charge in [0.1, 0.15) is 0 Å². The molecule has 0 aromatic heterocycles. The van der Waals surface area contributed by atoms with E-state index in [-0.39, 0.29) is 11.3 Å². The summed E-state index contributed by atoms with van der Waals surface area (Å²) in [5.74, 6) is -1.11. The molecule has 0 atom stereocenters. The second-order valence-electron chi connectivity index (χ2n) is 4.63. The molecule has 2 rings (SSSR count). The van der Waals surface area contributed by atoms with E-state index in [0.29, 0.717) is 5.02 Å². The zero-order chi connectivity index (χ0) is 17.5. The molecule has 0 fully saturated rings. The van der Waals surface area contributed by atoms with Crippen molar-refractivity contribution >= 4 is 35.2 Å². The minimum atomic E-state index is -0.585. The lowest BCUT2D eigenvalue weighted by Gasteiger charge is -2.05. The summed E-state index contributed by atoms with van der Waals surface area (Å²) in [7, 11) is 0. The summed E-state index contributed by atoms with van der Waals surface area (Å²) in [6, 6.07) is 11.9. The number of hydrogen-bond donors (Lipinski definition) is 2. The molecule has 2 aromatic carbocycles. The van der Waals surface area contributed by atoms with Gasteiger partial charge in [-0.25, -0.2) is 0 Å². The minimum absolute atomic E-state index is 0.124. The molecule has 2 aromatic rings. The fourth-order valence-electron chi connectivity index (χ4n) is 1.71. The van der Waals surface area contributed by atoms with Gasteiger partial charge in [0.25, 0.3) is 17.5 Å². The molecule has 2 amide bonds. The number of non-ortho nitro benzene ring substituents is 1. The van der Waals surface area contributed by atoms with E-state index in [9.17, 15) is 19.7 Å². The largest absolute Gasteiger partial charge is 0.269 e. The highest BCUT2D eigenvalue weighted by molar-refractivity contribution is 6.30. The first-order chi connectivity index (χ1) is 11.5. The summed E-state index contributed by atoms with van der Waals surface area (Å²) in [4.78, 5) is 33.4. The topological polar surface area (TPSA) is 101 Å². The first kappa shape index (κ1) is 17.2. The quantitative estimate of drug-likeness (QED) is 0.505. The van der Waals surface area contributed by atoms with Crippen LogP contribution in [0.3, 0.4) is 0 Å². The SMILES string of the molecule is O=C(C=Cc1ccc(Cl)cc1)NNC(=O)c1ccc([N+](=O)[O-])cc1. The summed E-state index contributed by atoms with van der Waals surface area (Å²) < 4.78 is 0. The molecule has 122 valence electrons. The van der Waals surface area contributed by atoms with Gasteiger partial charge in [0.15, 0.2) is 0 Å². The van der Waals surface area contributed by atoms with Gasteiger partial charge in [0, 0.05) is 28.8 Å². The molecule has 2 N–H and O–H groups in total. The Morgan fingerprint density at radius 3 is 2.21 bits per heavy atom. The highest BCUT2D eigenvalue weighted by Crippen LogP contribution is 2.12. The molecule has 0 aliphatic heterocycles. The lowest BCUT2D eigenvalue weighted by molar-refractivity contribution is -0.384. The van der Waals surface area contributed by atoms with Crippen molar-refractivity contribution in [3.63, 3.8) is 0 Å². The standard InChI is InChI=1S/C16H12ClN3O4/c17-13-6-1-11(2-7-13)3-10-15(21)18-19-16(22)12-4-8-14(9-5-12)20(23)24/h1-10H,(H,18,21)(H,19,22). The van der Waals surface area contributed by atoms with Gasteiger partial charge >= 0.3 is 0 Å². The van der Waals surface area contributed by atoms with E-state index in [1.165, 1.54) is 30.3 Å². The number of nitrogens with one attached hydrogen (secondary N) is 2. The number of amides is 2. The molecule has 24 heavy (non-hydrogen) atoms. The zero-order valence-corrected chi connectivity index (χ0v) is 13.0. The molecule has 0 aliphatic carbocycles. The van der Waals surface area contributed by atoms with Gasteiger partial charge in [-0.15, -0.1) is 0 Å². The van der Waals surface area contributed by atoms with Crippen LogP contribution < -0.4 is 10.9 Å². The fourth-order valence-corrected chi connectivity index (χ4v) is 1.84. The average molecular weight is 346 g/mol. The summed E-state index contributed by atoms with van der Waals surface area (Å²) in [5.41, 5.74) is 5.26. The molecule has 8 heteroatoms. The van der Waals surface area contributed by atoms with Gasteiger partial charge in [0.2, 0.25) is 0 Å². The Kier molecular flexibility index (Phi) is 5.64. The van der Waals surface area contributed by atoms with Gasteiger partial charge in [-0.3, -0.25) is 30.6 Å². The van der Waals surface area contributed by atoms with E-state index in [1.807, 2.05) is 0 Å². The predicted octanol–water partition coefficient (Wildman–Crippen LogP) is 2.72. The van der Waals surface area contributed by atoms with Crippen LogP contribution in [0.5, 0.6) is 0 Å². The maximum atomic E-state index is 11.8. The number of halogens is 1. The maximum absolute atomic E-state index is 11.8. The van der Waals surface area contributed by atoms with Crippen molar-refractivity contribution in [1.29, 1.82) is 0 Å². The second-order valence-corrected chi connectivity index (χ2v) is 5.07. The molecule has 0 spiro atoms. The van der Waals surface area contributed by atoms with Gasteiger partial charge in [-0.1, -0.05) is 23.7 Å². The number of hydrazine groups is 1. The Labute approximate surface area is 142 Å². The van der Waals surface area contributed by atoms with E-state index in [2.05, 4.69) is 10.9 Å². The van der Waals surface area contributed by atoms with Crippen LogP contribution in [-0.4, -0.2) is 16.7 Å². The molecule has 0 radical (unpaired) electrons. The predicted molar refractivity (Wildman–Crippen MR) is 89.2 cm³/mol. The van der Waals surface area contributed by atoms with Crippen LogP contribution in [0.25, 0.3) is 6.08 Å². The fraction of sp³-hybridized carbons (Fsp3) is 0. The number of nitrogens with zero attached hydrogens (tertiary/aromatic N) is 1. The highest BCUT2D eigenvalue weighted by Gasteiger charge is 2.09. The third-order valence-electron chi connectivity index (χ3n) is 2.94. The molecule has 0 heterocycles. The number of nitro groups is 1. The molecule has 7 nitrogen and oxygen atoms in total. The van der Waals surface area contributed by atoms with Gasteiger partial charge < -0.3 is 0 Å². The average Bonchev–Trinajstić information content (AvgIpc) is 2.59. The van der Waals surface area contributed by atoms with Crippen molar-refractivity contribution in [1.82, 2.24) is 10.9 Å². The summed E-state index contributed by atoms with van der Waals surface area (Å²) >= 11 is 5.76. The van der Waals surface area contributed by atoms with Crippen LogP contribution in [-0.2, 0) is 4.79 Å². The number of benzene rings is 2. The Hall–Kier alpha value is -3.19. The van der Waals surface area contributed by atoms with Crippen molar-refractivity contribution in [2.75, 3.05) is 0 Å². The normalized spacial score (nSPS) is 10.4. The van der Waals surface area contributed by atoms with E-state index < -0.39 is 16.7 Å². The van der Waals surface area contributed by atoms with Gasteiger partial charge in [-0.2, -0.15) is 0 Å². The molecule has 0 saturated carbocycles. The number of carbonyl (C=O) groups excluding carboxylic acids is 2. The van der Waals surface area contributed by atoms with Crippen molar-refractivity contribution < 1.29 is 14.5 Å². The maximum Gasteiger partial charge on any atom is 0.269 e. The molecule has 0 saturated heterocycles. The molecule has 0 bridgehead atoms. The van der Waals surface area contributed by atoms with Crippen LogP contribution in [0.2, 0.25) is 5.02 Å². The van der Waals surface area contributed by atoms with Crippen LogP contribution in [0.4, 0.5) is 5.69 Å². The van der Waals surface area contributed by atoms with Crippen molar-refractivity contribution in [2.45, 2.75) is 0 Å². The van der Waals surface area contributed by atoms with E-state index >= 15 is 0 Å². The summed E-state index contributed by atoms with van der Waals surface area (Å²) in [5, 5.41) is 11.1. The third kappa shape index (κ3) is 4.92. The first-order valence-electron chi connectivity index (χ1n) is 6.74. The number of nitro benzene ring substituents is 1. The highest BCUT2D eigenvalue weighted by atomic mass is 35.5. The monoisotopic (exact) mass is 345 g/mol. The van der Waals surface area contributed by atoms with Crippen LogP contribution in [0.15, 0.2) is 54.6 Å².